The summed E-state index contributed by atoms with van der Waals surface area (Å²) in [6, 6.07) is 11.5. The molecule has 0 radical (unpaired) electrons. The van der Waals surface area contributed by atoms with Gasteiger partial charge in [0.15, 0.2) is 0 Å². The van der Waals surface area contributed by atoms with E-state index in [9.17, 15) is 8.78 Å². The van der Waals surface area contributed by atoms with Crippen molar-refractivity contribution in [2.75, 3.05) is 0 Å². The lowest BCUT2D eigenvalue weighted by molar-refractivity contribution is 0.574. The van der Waals surface area contributed by atoms with Crippen LogP contribution in [0.1, 0.15) is 11.1 Å². The zero-order chi connectivity index (χ0) is 11.5. The van der Waals surface area contributed by atoms with Crippen molar-refractivity contribution in [2.24, 2.45) is 0 Å². The minimum atomic E-state index is -0.538. The van der Waals surface area contributed by atoms with Gasteiger partial charge >= 0.3 is 0 Å². The Morgan fingerprint density at radius 1 is 0.938 bits per heavy atom. The number of halogens is 3. The molecule has 0 saturated carbocycles. The molecule has 0 nitrogen and oxygen atoms in total. The minimum Gasteiger partial charge on any atom is -0.207 e. The van der Waals surface area contributed by atoms with E-state index in [1.807, 2.05) is 24.3 Å². The summed E-state index contributed by atoms with van der Waals surface area (Å²) in [5.74, 6) is -1.03. The third-order valence-corrected chi connectivity index (χ3v) is 3.04. The Morgan fingerprint density at radius 2 is 1.62 bits per heavy atom. The molecule has 0 bridgehead atoms. The summed E-state index contributed by atoms with van der Waals surface area (Å²) in [5, 5.41) is 0. The molecule has 2 aromatic rings. The summed E-state index contributed by atoms with van der Waals surface area (Å²) in [5.41, 5.74) is 1.54. The molecular weight excluding hydrogens is 321 g/mol. The van der Waals surface area contributed by atoms with E-state index in [1.165, 1.54) is 12.1 Å². The normalized spacial score (nSPS) is 10.4. The molecule has 0 aromatic heterocycles. The average molecular weight is 330 g/mol. The van der Waals surface area contributed by atoms with Gasteiger partial charge in [-0.3, -0.25) is 0 Å². The Labute approximate surface area is 106 Å². The van der Waals surface area contributed by atoms with E-state index in [2.05, 4.69) is 22.6 Å². The zero-order valence-electron chi connectivity index (χ0n) is 8.38. The highest BCUT2D eigenvalue weighted by atomic mass is 127. The molecule has 0 saturated heterocycles. The van der Waals surface area contributed by atoms with Gasteiger partial charge in [0.2, 0.25) is 0 Å². The monoisotopic (exact) mass is 330 g/mol. The van der Waals surface area contributed by atoms with Gasteiger partial charge < -0.3 is 0 Å². The second kappa shape index (κ2) is 4.91. The van der Waals surface area contributed by atoms with Crippen molar-refractivity contribution < 1.29 is 8.78 Å². The van der Waals surface area contributed by atoms with E-state index >= 15 is 0 Å². The fraction of sp³-hybridized carbons (Fsp3) is 0.0769. The first-order valence-corrected chi connectivity index (χ1v) is 5.91. The molecule has 0 amide bonds. The summed E-state index contributed by atoms with van der Waals surface area (Å²) in [7, 11) is 0. The lowest BCUT2D eigenvalue weighted by Crippen LogP contribution is -1.93. The van der Waals surface area contributed by atoms with Gasteiger partial charge in [-0.1, -0.05) is 18.2 Å². The van der Waals surface area contributed by atoms with Crippen LogP contribution in [-0.2, 0) is 6.42 Å². The van der Waals surface area contributed by atoms with E-state index in [1.54, 1.807) is 0 Å². The maximum absolute atomic E-state index is 13.4. The quantitative estimate of drug-likeness (QED) is 0.726. The van der Waals surface area contributed by atoms with Crippen molar-refractivity contribution in [1.29, 1.82) is 0 Å². The molecule has 0 N–H and O–H groups in total. The van der Waals surface area contributed by atoms with Gasteiger partial charge in [0.05, 0.1) is 0 Å². The first-order chi connectivity index (χ1) is 7.65. The van der Waals surface area contributed by atoms with Crippen LogP contribution in [0.5, 0.6) is 0 Å². The van der Waals surface area contributed by atoms with Crippen LogP contribution in [0.25, 0.3) is 0 Å². The molecule has 0 atom stereocenters. The van der Waals surface area contributed by atoms with Gasteiger partial charge in [-0.15, -0.1) is 0 Å². The van der Waals surface area contributed by atoms with Crippen LogP contribution in [-0.4, -0.2) is 0 Å². The summed E-state index contributed by atoms with van der Waals surface area (Å²) in [6.07, 6.45) is 0.489. The second-order valence-corrected chi connectivity index (χ2v) is 4.78. The van der Waals surface area contributed by atoms with Gasteiger partial charge in [-0.25, -0.2) is 8.78 Å². The third-order valence-electron chi connectivity index (χ3n) is 2.32. The fourth-order valence-corrected chi connectivity index (χ4v) is 1.85. The summed E-state index contributed by atoms with van der Waals surface area (Å²) in [6.45, 7) is 0. The van der Waals surface area contributed by atoms with Crippen molar-refractivity contribution in [1.82, 2.24) is 0 Å². The van der Waals surface area contributed by atoms with Gasteiger partial charge in [-0.05, 0) is 51.9 Å². The largest absolute Gasteiger partial charge is 0.207 e. The first-order valence-electron chi connectivity index (χ1n) is 4.83. The first kappa shape index (κ1) is 11.5. The highest BCUT2D eigenvalue weighted by Crippen LogP contribution is 2.15. The maximum atomic E-state index is 13.4. The van der Waals surface area contributed by atoms with Gasteiger partial charge in [0, 0.05) is 16.1 Å². The van der Waals surface area contributed by atoms with Crippen LogP contribution < -0.4 is 0 Å². The molecule has 0 aliphatic carbocycles. The molecule has 82 valence electrons. The predicted octanol–water partition coefficient (Wildman–Crippen LogP) is 4.16. The standard InChI is InChI=1S/C13H9F2I/c14-11-4-3-10(13(15)8-11)7-9-1-5-12(16)6-2-9/h1-6,8H,7H2. The van der Waals surface area contributed by atoms with Gasteiger partial charge in [0.1, 0.15) is 11.6 Å². The van der Waals surface area contributed by atoms with E-state index in [0.717, 1.165) is 15.2 Å². The van der Waals surface area contributed by atoms with Gasteiger partial charge in [0.25, 0.3) is 0 Å². The summed E-state index contributed by atoms with van der Waals surface area (Å²) >= 11 is 2.21. The van der Waals surface area contributed by atoms with Crippen LogP contribution in [0, 0.1) is 15.2 Å². The van der Waals surface area contributed by atoms with Crippen LogP contribution in [0.2, 0.25) is 0 Å². The molecule has 0 fully saturated rings. The van der Waals surface area contributed by atoms with E-state index in [0.29, 0.717) is 12.0 Å². The van der Waals surface area contributed by atoms with E-state index in [4.69, 9.17) is 0 Å². The molecule has 0 aliphatic heterocycles. The highest BCUT2D eigenvalue weighted by molar-refractivity contribution is 14.1. The molecule has 2 rings (SSSR count). The Bertz CT molecular complexity index is 492. The minimum absolute atomic E-state index is 0.487. The van der Waals surface area contributed by atoms with Crippen LogP contribution in [0.15, 0.2) is 42.5 Å². The fourth-order valence-electron chi connectivity index (χ4n) is 1.49. The van der Waals surface area contributed by atoms with Crippen molar-refractivity contribution >= 4 is 22.6 Å². The van der Waals surface area contributed by atoms with E-state index < -0.39 is 11.6 Å². The third kappa shape index (κ3) is 2.78. The lowest BCUT2D eigenvalue weighted by atomic mass is 10.0. The number of hydrogen-bond acceptors (Lipinski definition) is 0. The molecular formula is C13H9F2I. The molecule has 0 unspecified atom stereocenters. The SMILES string of the molecule is Fc1ccc(Cc2ccc(I)cc2)c(F)c1. The zero-order valence-corrected chi connectivity index (χ0v) is 10.5. The van der Waals surface area contributed by atoms with Crippen molar-refractivity contribution in [2.45, 2.75) is 6.42 Å². The van der Waals surface area contributed by atoms with E-state index in [-0.39, 0.29) is 0 Å². The van der Waals surface area contributed by atoms with Crippen molar-refractivity contribution in [3.63, 3.8) is 0 Å². The molecule has 0 spiro atoms. The molecule has 0 aliphatic rings. The maximum Gasteiger partial charge on any atom is 0.129 e. The van der Waals surface area contributed by atoms with Crippen molar-refractivity contribution in [3.8, 4) is 0 Å². The smallest absolute Gasteiger partial charge is 0.129 e. The summed E-state index contributed by atoms with van der Waals surface area (Å²) < 4.78 is 27.2. The van der Waals surface area contributed by atoms with Crippen LogP contribution >= 0.6 is 22.6 Å². The molecule has 2 aromatic carbocycles. The number of rotatable bonds is 2. The Morgan fingerprint density at radius 3 is 2.25 bits per heavy atom. The number of hydrogen-bond donors (Lipinski definition) is 0. The van der Waals surface area contributed by atoms with Crippen LogP contribution in [0.4, 0.5) is 8.78 Å². The average Bonchev–Trinajstić information content (AvgIpc) is 2.25. The molecule has 0 heterocycles. The van der Waals surface area contributed by atoms with Crippen molar-refractivity contribution in [3.05, 3.63) is 68.8 Å². The Hall–Kier alpha value is -0.970. The lowest BCUT2D eigenvalue weighted by Gasteiger charge is -2.03. The molecule has 3 heteroatoms. The topological polar surface area (TPSA) is 0 Å². The summed E-state index contributed by atoms with van der Waals surface area (Å²) in [4.78, 5) is 0. The predicted molar refractivity (Wildman–Crippen MR) is 68.3 cm³/mol. The highest BCUT2D eigenvalue weighted by Gasteiger charge is 2.04. The number of benzene rings is 2. The molecule has 16 heavy (non-hydrogen) atoms. The second-order valence-electron chi connectivity index (χ2n) is 3.54. The van der Waals surface area contributed by atoms with Gasteiger partial charge in [-0.2, -0.15) is 0 Å². The Kier molecular flexibility index (Phi) is 3.53. The van der Waals surface area contributed by atoms with Crippen LogP contribution in [0.3, 0.4) is 0 Å². The Balaban J connectivity index is 2.23.